The zero-order valence-corrected chi connectivity index (χ0v) is 14.7. The van der Waals surface area contributed by atoms with Crippen LogP contribution < -0.4 is 5.69 Å². The highest BCUT2D eigenvalue weighted by molar-refractivity contribution is 5.92. The number of fused-ring (bicyclic) bond motifs is 1. The fourth-order valence-corrected chi connectivity index (χ4v) is 3.30. The third-order valence-corrected chi connectivity index (χ3v) is 4.74. The van der Waals surface area contributed by atoms with Gasteiger partial charge in [0.15, 0.2) is 5.65 Å². The maximum Gasteiger partial charge on any atom is 0.350 e. The highest BCUT2D eigenvalue weighted by Gasteiger charge is 2.24. The molecule has 0 aliphatic carbocycles. The van der Waals surface area contributed by atoms with E-state index < -0.39 is 0 Å². The van der Waals surface area contributed by atoms with Crippen molar-refractivity contribution in [1.29, 1.82) is 0 Å². The van der Waals surface area contributed by atoms with Crippen LogP contribution in [0.25, 0.3) is 5.65 Å². The summed E-state index contributed by atoms with van der Waals surface area (Å²) < 4.78 is 2.59. The highest BCUT2D eigenvalue weighted by Crippen LogP contribution is 2.09. The molecule has 1 N–H and O–H groups in total. The smallest absolute Gasteiger partial charge is 0.350 e. The molecule has 0 unspecified atom stereocenters. The number of H-pyrrole nitrogens is 1. The minimum absolute atomic E-state index is 0.0640. The van der Waals surface area contributed by atoms with E-state index in [1.807, 2.05) is 0 Å². The molecule has 3 aromatic heterocycles. The van der Waals surface area contributed by atoms with Crippen molar-refractivity contribution in [2.45, 2.75) is 13.0 Å². The van der Waals surface area contributed by atoms with Crippen LogP contribution in [0.1, 0.15) is 16.9 Å². The SMILES string of the molecule is O=C(Cn1nc2ccccn2c1=O)N1CCCN(C(=O)c2ccc[nH]2)CC1. The Labute approximate surface area is 154 Å². The number of aromatic nitrogens is 4. The molecule has 1 aliphatic rings. The number of pyridine rings is 1. The Hall–Kier alpha value is -3.36. The van der Waals surface area contributed by atoms with Gasteiger partial charge in [0.2, 0.25) is 5.91 Å². The van der Waals surface area contributed by atoms with Gasteiger partial charge < -0.3 is 14.8 Å². The van der Waals surface area contributed by atoms with Crippen molar-refractivity contribution in [1.82, 2.24) is 29.0 Å². The van der Waals surface area contributed by atoms with E-state index in [0.29, 0.717) is 43.9 Å². The zero-order valence-electron chi connectivity index (χ0n) is 14.7. The average Bonchev–Trinajstić information content (AvgIpc) is 3.23. The maximum atomic E-state index is 12.7. The van der Waals surface area contributed by atoms with Crippen molar-refractivity contribution in [3.63, 3.8) is 0 Å². The molecule has 2 amide bonds. The summed E-state index contributed by atoms with van der Waals surface area (Å²) in [5, 5.41) is 4.20. The van der Waals surface area contributed by atoms with Crippen LogP contribution in [-0.2, 0) is 11.3 Å². The van der Waals surface area contributed by atoms with Crippen molar-refractivity contribution in [2.24, 2.45) is 0 Å². The van der Waals surface area contributed by atoms with Gasteiger partial charge in [0.25, 0.3) is 5.91 Å². The molecule has 9 nitrogen and oxygen atoms in total. The van der Waals surface area contributed by atoms with E-state index in [-0.39, 0.29) is 24.0 Å². The lowest BCUT2D eigenvalue weighted by atomic mass is 10.3. The number of carbonyl (C=O) groups is 2. The molecule has 27 heavy (non-hydrogen) atoms. The van der Waals surface area contributed by atoms with Gasteiger partial charge >= 0.3 is 5.69 Å². The molecule has 0 saturated carbocycles. The normalized spacial score (nSPS) is 15.1. The van der Waals surface area contributed by atoms with Crippen molar-refractivity contribution in [3.05, 3.63) is 58.9 Å². The largest absolute Gasteiger partial charge is 0.357 e. The molecular weight excluding hydrogens is 348 g/mol. The summed E-state index contributed by atoms with van der Waals surface area (Å²) in [5.74, 6) is -0.236. The van der Waals surface area contributed by atoms with Gasteiger partial charge in [0.05, 0.1) is 0 Å². The molecule has 1 saturated heterocycles. The van der Waals surface area contributed by atoms with Gasteiger partial charge in [0.1, 0.15) is 12.2 Å². The first-order valence-electron chi connectivity index (χ1n) is 8.88. The van der Waals surface area contributed by atoms with Crippen LogP contribution in [0.2, 0.25) is 0 Å². The Bertz CT molecular complexity index is 1020. The number of aromatic amines is 1. The van der Waals surface area contributed by atoms with Crippen LogP contribution >= 0.6 is 0 Å². The van der Waals surface area contributed by atoms with Crippen molar-refractivity contribution in [2.75, 3.05) is 26.2 Å². The van der Waals surface area contributed by atoms with Crippen molar-refractivity contribution >= 4 is 17.5 Å². The fourth-order valence-electron chi connectivity index (χ4n) is 3.30. The number of hydrogen-bond donors (Lipinski definition) is 1. The molecule has 0 atom stereocenters. The summed E-state index contributed by atoms with van der Waals surface area (Å²) in [6.45, 7) is 1.94. The quantitative estimate of drug-likeness (QED) is 0.714. The minimum Gasteiger partial charge on any atom is -0.357 e. The van der Waals surface area contributed by atoms with Crippen LogP contribution in [0.3, 0.4) is 0 Å². The summed E-state index contributed by atoms with van der Waals surface area (Å²) in [6.07, 6.45) is 4.04. The predicted octanol–water partition coefficient (Wildman–Crippen LogP) is 0.199. The molecule has 9 heteroatoms. The predicted molar refractivity (Wildman–Crippen MR) is 97.3 cm³/mol. The monoisotopic (exact) mass is 368 g/mol. The first kappa shape index (κ1) is 17.1. The maximum absolute atomic E-state index is 12.7. The fraction of sp³-hybridized carbons (Fsp3) is 0.333. The first-order chi connectivity index (χ1) is 13.1. The summed E-state index contributed by atoms with van der Waals surface area (Å²) in [7, 11) is 0. The molecular formula is C18H20N6O3. The second kappa shape index (κ2) is 7.10. The summed E-state index contributed by atoms with van der Waals surface area (Å²) >= 11 is 0. The van der Waals surface area contributed by atoms with E-state index in [0.717, 1.165) is 0 Å². The molecule has 4 rings (SSSR count). The van der Waals surface area contributed by atoms with Gasteiger partial charge in [0, 0.05) is 38.6 Å². The molecule has 0 spiro atoms. The number of amides is 2. The molecule has 1 fully saturated rings. The van der Waals surface area contributed by atoms with E-state index in [1.165, 1.54) is 9.08 Å². The van der Waals surface area contributed by atoms with Gasteiger partial charge in [-0.3, -0.25) is 14.0 Å². The number of nitrogens with zero attached hydrogens (tertiary/aromatic N) is 5. The molecule has 140 valence electrons. The summed E-state index contributed by atoms with van der Waals surface area (Å²) in [4.78, 5) is 43.8. The minimum atomic E-state index is -0.336. The number of rotatable bonds is 3. The lowest BCUT2D eigenvalue weighted by Crippen LogP contribution is -2.40. The average molecular weight is 368 g/mol. The Balaban J connectivity index is 1.43. The Kier molecular flexibility index (Phi) is 4.49. The van der Waals surface area contributed by atoms with Gasteiger partial charge in [-0.15, -0.1) is 5.10 Å². The molecule has 3 aromatic rings. The van der Waals surface area contributed by atoms with E-state index >= 15 is 0 Å². The summed E-state index contributed by atoms with van der Waals surface area (Å²) in [5.41, 5.74) is 0.720. The third kappa shape index (κ3) is 3.35. The van der Waals surface area contributed by atoms with E-state index in [1.54, 1.807) is 52.5 Å². The summed E-state index contributed by atoms with van der Waals surface area (Å²) in [6, 6.07) is 8.78. The molecule has 0 bridgehead atoms. The van der Waals surface area contributed by atoms with Crippen LogP contribution in [0.5, 0.6) is 0 Å². The van der Waals surface area contributed by atoms with Crippen molar-refractivity contribution in [3.8, 4) is 0 Å². The third-order valence-electron chi connectivity index (χ3n) is 4.74. The second-order valence-electron chi connectivity index (χ2n) is 6.48. The van der Waals surface area contributed by atoms with Crippen LogP contribution in [0, 0.1) is 0 Å². The highest BCUT2D eigenvalue weighted by atomic mass is 16.2. The Morgan fingerprint density at radius 1 is 1.04 bits per heavy atom. The van der Waals surface area contributed by atoms with E-state index in [9.17, 15) is 14.4 Å². The molecule has 0 aromatic carbocycles. The molecule has 1 aliphatic heterocycles. The van der Waals surface area contributed by atoms with Gasteiger partial charge in [-0.2, -0.15) is 0 Å². The zero-order chi connectivity index (χ0) is 18.8. The van der Waals surface area contributed by atoms with E-state index in [2.05, 4.69) is 10.1 Å². The topological polar surface area (TPSA) is 95.7 Å². The second-order valence-corrected chi connectivity index (χ2v) is 6.48. The van der Waals surface area contributed by atoms with Crippen LogP contribution in [0.4, 0.5) is 0 Å². The molecule has 4 heterocycles. The number of carbonyl (C=O) groups excluding carboxylic acids is 2. The lowest BCUT2D eigenvalue weighted by molar-refractivity contribution is -0.132. The van der Waals surface area contributed by atoms with Crippen molar-refractivity contribution < 1.29 is 9.59 Å². The number of hydrogen-bond acceptors (Lipinski definition) is 4. The Morgan fingerprint density at radius 3 is 2.63 bits per heavy atom. The van der Waals surface area contributed by atoms with Gasteiger partial charge in [-0.05, 0) is 30.7 Å². The Morgan fingerprint density at radius 2 is 1.85 bits per heavy atom. The lowest BCUT2D eigenvalue weighted by Gasteiger charge is -2.21. The standard InChI is InChI=1S/C18H20N6O3/c25-16(13-24-18(27)23-10-2-1-6-15(23)20-24)21-8-4-9-22(12-11-21)17(26)14-5-3-7-19-14/h1-3,5-7,10,19H,4,8-9,11-13H2. The first-order valence-corrected chi connectivity index (χ1v) is 8.88. The van der Waals surface area contributed by atoms with Gasteiger partial charge in [-0.25, -0.2) is 9.48 Å². The van der Waals surface area contributed by atoms with Crippen LogP contribution in [0.15, 0.2) is 47.5 Å². The van der Waals surface area contributed by atoms with Gasteiger partial charge in [-0.1, -0.05) is 6.07 Å². The molecule has 0 radical (unpaired) electrons. The van der Waals surface area contributed by atoms with Crippen LogP contribution in [-0.4, -0.2) is 67.0 Å². The van der Waals surface area contributed by atoms with E-state index in [4.69, 9.17) is 0 Å². The number of nitrogens with one attached hydrogen (secondary N) is 1.